The molecule has 1 aliphatic rings. The summed E-state index contributed by atoms with van der Waals surface area (Å²) in [5.41, 5.74) is 1.24. The zero-order chi connectivity index (χ0) is 23.9. The Morgan fingerprint density at radius 1 is 1.03 bits per heavy atom. The van der Waals surface area contributed by atoms with Crippen LogP contribution in [0, 0.1) is 0 Å². The molecular formula is C27H30N2O4S. The van der Waals surface area contributed by atoms with Gasteiger partial charge in [0, 0.05) is 17.0 Å². The topological polar surface area (TPSA) is 67.9 Å². The molecule has 0 radical (unpaired) electrons. The van der Waals surface area contributed by atoms with Gasteiger partial charge in [0.05, 0.1) is 26.3 Å². The van der Waals surface area contributed by atoms with E-state index in [9.17, 15) is 9.59 Å². The van der Waals surface area contributed by atoms with Crippen LogP contribution >= 0.6 is 11.3 Å². The third-order valence-electron chi connectivity index (χ3n) is 6.14. The van der Waals surface area contributed by atoms with Gasteiger partial charge in [0.2, 0.25) is 11.8 Å². The second-order valence-corrected chi connectivity index (χ2v) is 9.39. The Morgan fingerprint density at radius 3 is 2.44 bits per heavy atom. The van der Waals surface area contributed by atoms with E-state index in [1.807, 2.05) is 47.8 Å². The van der Waals surface area contributed by atoms with Crippen molar-refractivity contribution in [3.8, 4) is 11.5 Å². The molecule has 1 aliphatic carbocycles. The van der Waals surface area contributed by atoms with Gasteiger partial charge in [-0.25, -0.2) is 0 Å². The van der Waals surface area contributed by atoms with Gasteiger partial charge in [-0.15, -0.1) is 11.3 Å². The summed E-state index contributed by atoms with van der Waals surface area (Å²) in [6.07, 6.45) is 4.30. The van der Waals surface area contributed by atoms with Crippen LogP contribution in [0.1, 0.15) is 42.2 Å². The van der Waals surface area contributed by atoms with Gasteiger partial charge >= 0.3 is 0 Å². The number of carbonyl (C=O) groups excluding carboxylic acids is 2. The molecule has 1 fully saturated rings. The first-order chi connectivity index (χ1) is 16.6. The smallest absolute Gasteiger partial charge is 0.248 e. The monoisotopic (exact) mass is 478 g/mol. The zero-order valence-corrected chi connectivity index (χ0v) is 20.3. The number of benzene rings is 2. The van der Waals surface area contributed by atoms with Crippen molar-refractivity contribution in [2.24, 2.45) is 0 Å². The molecule has 1 heterocycles. The molecule has 4 rings (SSSR count). The Labute approximate surface area is 204 Å². The van der Waals surface area contributed by atoms with Crippen LogP contribution in [0.5, 0.6) is 11.5 Å². The Kier molecular flexibility index (Phi) is 7.85. The second-order valence-electron chi connectivity index (χ2n) is 8.36. The summed E-state index contributed by atoms with van der Waals surface area (Å²) in [6, 6.07) is 17.9. The molecule has 2 amide bonds. The van der Waals surface area contributed by atoms with E-state index in [1.54, 1.807) is 37.3 Å². The van der Waals surface area contributed by atoms with E-state index in [-0.39, 0.29) is 24.3 Å². The minimum Gasteiger partial charge on any atom is -0.497 e. The normalized spacial score (nSPS) is 14.4. The molecule has 0 spiro atoms. The van der Waals surface area contributed by atoms with E-state index in [1.165, 1.54) is 11.3 Å². The number of hydrogen-bond acceptors (Lipinski definition) is 5. The minimum absolute atomic E-state index is 0.125. The van der Waals surface area contributed by atoms with Crippen molar-refractivity contribution >= 4 is 28.8 Å². The minimum atomic E-state index is -0.852. The van der Waals surface area contributed by atoms with Crippen LogP contribution in [0.4, 0.5) is 5.69 Å². The number of amides is 2. The quantitative estimate of drug-likeness (QED) is 0.462. The van der Waals surface area contributed by atoms with E-state index >= 15 is 0 Å². The predicted molar refractivity (Wildman–Crippen MR) is 135 cm³/mol. The average Bonchev–Trinajstić information content (AvgIpc) is 3.57. The maximum atomic E-state index is 13.9. The van der Waals surface area contributed by atoms with E-state index in [0.717, 1.165) is 36.1 Å². The highest BCUT2D eigenvalue weighted by molar-refractivity contribution is 7.10. The largest absolute Gasteiger partial charge is 0.497 e. The van der Waals surface area contributed by atoms with Crippen LogP contribution in [0.15, 0.2) is 66.0 Å². The number of nitrogens with zero attached hydrogens (tertiary/aromatic N) is 1. The molecule has 1 aromatic heterocycles. The molecule has 0 unspecified atom stereocenters. The lowest BCUT2D eigenvalue weighted by Gasteiger charge is -2.33. The van der Waals surface area contributed by atoms with Crippen LogP contribution in [0.25, 0.3) is 0 Å². The number of methoxy groups -OCH3 is 2. The van der Waals surface area contributed by atoms with Crippen LogP contribution in [0.3, 0.4) is 0 Å². The molecule has 2 aromatic carbocycles. The SMILES string of the molecule is COc1ccc(OC)c(N(C(=O)Cc2cccs2)[C@H](C(=O)NC2CCCC2)c2ccccc2)c1. The van der Waals surface area contributed by atoms with Crippen LogP contribution in [-0.4, -0.2) is 32.1 Å². The maximum absolute atomic E-state index is 13.9. The molecule has 1 atom stereocenters. The van der Waals surface area contributed by atoms with Crippen LogP contribution < -0.4 is 19.7 Å². The Bertz CT molecular complexity index is 1100. The van der Waals surface area contributed by atoms with Crippen LogP contribution in [-0.2, 0) is 16.0 Å². The first-order valence-electron chi connectivity index (χ1n) is 11.5. The third-order valence-corrected chi connectivity index (χ3v) is 7.02. The lowest BCUT2D eigenvalue weighted by molar-refractivity contribution is -0.127. The van der Waals surface area contributed by atoms with Crippen molar-refractivity contribution in [2.45, 2.75) is 44.2 Å². The predicted octanol–water partition coefficient (Wildman–Crippen LogP) is 5.14. The summed E-state index contributed by atoms with van der Waals surface area (Å²) in [5.74, 6) is 0.689. The molecule has 3 aromatic rings. The fraction of sp³-hybridized carbons (Fsp3) is 0.333. The third kappa shape index (κ3) is 5.42. The van der Waals surface area contributed by atoms with Gasteiger partial charge in [0.1, 0.15) is 17.5 Å². The number of hydrogen-bond donors (Lipinski definition) is 1. The summed E-state index contributed by atoms with van der Waals surface area (Å²) in [7, 11) is 3.13. The molecule has 7 heteroatoms. The highest BCUT2D eigenvalue weighted by Crippen LogP contribution is 2.38. The van der Waals surface area contributed by atoms with Crippen molar-refractivity contribution in [1.82, 2.24) is 5.32 Å². The zero-order valence-electron chi connectivity index (χ0n) is 19.5. The number of carbonyl (C=O) groups is 2. The van der Waals surface area contributed by atoms with Crippen LogP contribution in [0.2, 0.25) is 0 Å². The molecule has 178 valence electrons. The van der Waals surface area contributed by atoms with E-state index in [0.29, 0.717) is 17.2 Å². The molecule has 0 saturated heterocycles. The van der Waals surface area contributed by atoms with Gasteiger partial charge < -0.3 is 14.8 Å². The fourth-order valence-corrected chi connectivity index (χ4v) is 5.15. The van der Waals surface area contributed by atoms with Crippen molar-refractivity contribution in [3.05, 3.63) is 76.5 Å². The van der Waals surface area contributed by atoms with Gasteiger partial charge in [-0.05, 0) is 42.0 Å². The first kappa shape index (κ1) is 23.8. The summed E-state index contributed by atoms with van der Waals surface area (Å²) >= 11 is 1.52. The lowest BCUT2D eigenvalue weighted by Crippen LogP contribution is -2.47. The van der Waals surface area contributed by atoms with E-state index in [2.05, 4.69) is 5.32 Å². The number of nitrogens with one attached hydrogen (secondary N) is 1. The van der Waals surface area contributed by atoms with Crippen molar-refractivity contribution in [1.29, 1.82) is 0 Å². The highest BCUT2D eigenvalue weighted by Gasteiger charge is 2.36. The van der Waals surface area contributed by atoms with Crippen molar-refractivity contribution in [3.63, 3.8) is 0 Å². The molecule has 1 saturated carbocycles. The molecule has 0 aliphatic heterocycles. The Balaban J connectivity index is 1.82. The number of anilines is 1. The summed E-state index contributed by atoms with van der Waals surface area (Å²) in [5, 5.41) is 5.15. The van der Waals surface area contributed by atoms with Crippen molar-refractivity contribution in [2.75, 3.05) is 19.1 Å². The Hall–Kier alpha value is -3.32. The molecular weight excluding hydrogens is 448 g/mol. The molecule has 34 heavy (non-hydrogen) atoms. The lowest BCUT2D eigenvalue weighted by atomic mass is 10.0. The molecule has 0 bridgehead atoms. The molecule has 1 N–H and O–H groups in total. The standard InChI is InChI=1S/C27H30N2O4S/c1-32-21-14-15-24(33-2)23(17-21)29(25(30)18-22-13-8-16-34-22)26(19-9-4-3-5-10-19)27(31)28-20-11-6-7-12-20/h3-5,8-10,13-17,20,26H,6-7,11-12,18H2,1-2H3,(H,28,31)/t26-/m0/s1. The number of ether oxygens (including phenoxy) is 2. The maximum Gasteiger partial charge on any atom is 0.248 e. The Morgan fingerprint density at radius 2 is 1.79 bits per heavy atom. The van der Waals surface area contributed by atoms with E-state index < -0.39 is 6.04 Å². The van der Waals surface area contributed by atoms with Gasteiger partial charge in [-0.2, -0.15) is 0 Å². The fourth-order valence-electron chi connectivity index (χ4n) is 4.45. The van der Waals surface area contributed by atoms with Gasteiger partial charge in [-0.1, -0.05) is 49.2 Å². The summed E-state index contributed by atoms with van der Waals surface area (Å²) in [6.45, 7) is 0. The van der Waals surface area contributed by atoms with Gasteiger partial charge in [0.15, 0.2) is 0 Å². The highest BCUT2D eigenvalue weighted by atomic mass is 32.1. The number of thiophene rings is 1. The molecule has 6 nitrogen and oxygen atoms in total. The number of rotatable bonds is 9. The van der Waals surface area contributed by atoms with E-state index in [4.69, 9.17) is 9.47 Å². The first-order valence-corrected chi connectivity index (χ1v) is 12.4. The van der Waals surface area contributed by atoms with Gasteiger partial charge in [-0.3, -0.25) is 14.5 Å². The summed E-state index contributed by atoms with van der Waals surface area (Å²) < 4.78 is 11.1. The average molecular weight is 479 g/mol. The van der Waals surface area contributed by atoms with Crippen molar-refractivity contribution < 1.29 is 19.1 Å². The van der Waals surface area contributed by atoms with Gasteiger partial charge in [0.25, 0.3) is 0 Å². The second kappa shape index (κ2) is 11.2. The summed E-state index contributed by atoms with van der Waals surface area (Å²) in [4.78, 5) is 30.2.